The topological polar surface area (TPSA) is 65.3 Å². The molecule has 4 aromatic rings. The molecule has 0 radical (unpaired) electrons. The molecule has 150 valence electrons. The first kappa shape index (κ1) is 20.2. The highest BCUT2D eigenvalue weighted by molar-refractivity contribution is 7.60. The average molecular weight is 418 g/mol. The van der Waals surface area contributed by atoms with Gasteiger partial charge in [0, 0.05) is 35.4 Å². The minimum atomic E-state index is -4.30. The number of hydrogen-bond donors (Lipinski definition) is 2. The quantitative estimate of drug-likeness (QED) is 0.374. The molecule has 30 heavy (non-hydrogen) atoms. The molecule has 0 aliphatic rings. The van der Waals surface area contributed by atoms with Crippen LogP contribution in [-0.2, 0) is 17.7 Å². The molecule has 0 saturated carbocycles. The molecule has 0 spiro atoms. The van der Waals surface area contributed by atoms with E-state index in [1.54, 1.807) is 18.2 Å². The summed E-state index contributed by atoms with van der Waals surface area (Å²) in [7, 11) is -4.30. The molecule has 0 unspecified atom stereocenters. The van der Waals surface area contributed by atoms with Crippen LogP contribution in [0.2, 0.25) is 0 Å². The first-order valence-corrected chi connectivity index (χ1v) is 11.3. The fourth-order valence-electron chi connectivity index (χ4n) is 3.43. The van der Waals surface area contributed by atoms with Crippen LogP contribution in [0.1, 0.15) is 11.1 Å². The summed E-state index contributed by atoms with van der Waals surface area (Å²) < 4.78 is 15.8. The van der Waals surface area contributed by atoms with Crippen LogP contribution in [0, 0.1) is 0 Å². The molecule has 4 rings (SSSR count). The second-order valence-corrected chi connectivity index (χ2v) is 8.75. The van der Waals surface area contributed by atoms with Gasteiger partial charge in [-0.3, -0.25) is 4.57 Å². The summed E-state index contributed by atoms with van der Waals surface area (Å²) in [5, 5.41) is 0.0765. The van der Waals surface area contributed by atoms with Crippen LogP contribution in [0.25, 0.3) is 11.1 Å². The fourth-order valence-corrected chi connectivity index (χ4v) is 4.23. The number of nitrogens with zero attached hydrogens (tertiary/aromatic N) is 2. The van der Waals surface area contributed by atoms with Crippen molar-refractivity contribution in [3.8, 4) is 11.1 Å². The number of pyridine rings is 2. The van der Waals surface area contributed by atoms with Crippen molar-refractivity contribution in [1.82, 2.24) is 0 Å². The SMILES string of the molecule is O=P(O)(O)c1ccccc1C[n+]1ccc(-c2cc[n+](Cc3ccccc3)cc2)cc1. The van der Waals surface area contributed by atoms with E-state index >= 15 is 0 Å². The summed E-state index contributed by atoms with van der Waals surface area (Å²) in [5.74, 6) is 0. The van der Waals surface area contributed by atoms with Crippen LogP contribution in [0.3, 0.4) is 0 Å². The maximum Gasteiger partial charge on any atom is 0.356 e. The fraction of sp³-hybridized carbons (Fsp3) is 0.0833. The molecule has 6 heteroatoms. The molecule has 2 aromatic carbocycles. The Morgan fingerprint density at radius 2 is 1.13 bits per heavy atom. The van der Waals surface area contributed by atoms with Crippen molar-refractivity contribution < 1.29 is 23.5 Å². The smallest absolute Gasteiger partial charge is 0.321 e. The summed E-state index contributed by atoms with van der Waals surface area (Å²) in [6, 6.07) is 25.2. The molecule has 0 bridgehead atoms. The van der Waals surface area contributed by atoms with Crippen LogP contribution in [0.5, 0.6) is 0 Å². The van der Waals surface area contributed by atoms with E-state index in [0.29, 0.717) is 12.1 Å². The molecular formula is C24H23N2O3P+2. The molecule has 0 saturated heterocycles. The van der Waals surface area contributed by atoms with Gasteiger partial charge in [0.25, 0.3) is 0 Å². The van der Waals surface area contributed by atoms with E-state index in [2.05, 4.69) is 41.2 Å². The largest absolute Gasteiger partial charge is 0.356 e. The number of aromatic nitrogens is 2. The average Bonchev–Trinajstić information content (AvgIpc) is 2.75. The Bertz CT molecular complexity index is 1170. The van der Waals surface area contributed by atoms with Crippen LogP contribution >= 0.6 is 7.60 Å². The lowest BCUT2D eigenvalue weighted by molar-refractivity contribution is -0.688. The highest BCUT2D eigenvalue weighted by atomic mass is 31.2. The molecule has 2 N–H and O–H groups in total. The van der Waals surface area contributed by atoms with E-state index in [-0.39, 0.29) is 5.30 Å². The molecule has 2 heterocycles. The van der Waals surface area contributed by atoms with Gasteiger partial charge in [0.05, 0.1) is 5.30 Å². The minimum absolute atomic E-state index is 0.0765. The van der Waals surface area contributed by atoms with E-state index in [1.807, 2.05) is 47.3 Å². The maximum absolute atomic E-state index is 11.7. The molecular weight excluding hydrogens is 395 g/mol. The van der Waals surface area contributed by atoms with Gasteiger partial charge in [0.15, 0.2) is 37.9 Å². The zero-order valence-electron chi connectivity index (χ0n) is 16.4. The van der Waals surface area contributed by atoms with Gasteiger partial charge in [0.1, 0.15) is 0 Å². The van der Waals surface area contributed by atoms with Crippen molar-refractivity contribution in [2.75, 3.05) is 0 Å². The van der Waals surface area contributed by atoms with Crippen molar-refractivity contribution in [3.05, 3.63) is 115 Å². The van der Waals surface area contributed by atoms with Crippen molar-refractivity contribution in [2.24, 2.45) is 0 Å². The van der Waals surface area contributed by atoms with Gasteiger partial charge in [-0.15, -0.1) is 0 Å². The molecule has 0 fully saturated rings. The predicted octanol–water partition coefficient (Wildman–Crippen LogP) is 2.83. The lowest BCUT2D eigenvalue weighted by Gasteiger charge is -2.08. The summed E-state index contributed by atoms with van der Waals surface area (Å²) in [6.07, 6.45) is 7.99. The highest BCUT2D eigenvalue weighted by Crippen LogP contribution is 2.34. The molecule has 0 aliphatic carbocycles. The number of hydrogen-bond acceptors (Lipinski definition) is 1. The molecule has 5 nitrogen and oxygen atoms in total. The van der Waals surface area contributed by atoms with Gasteiger partial charge in [-0.25, -0.2) is 9.13 Å². The third-order valence-electron chi connectivity index (χ3n) is 4.98. The van der Waals surface area contributed by atoms with Crippen molar-refractivity contribution >= 4 is 12.9 Å². The summed E-state index contributed by atoms with van der Waals surface area (Å²) in [6.45, 7) is 1.22. The van der Waals surface area contributed by atoms with Crippen LogP contribution in [0.4, 0.5) is 0 Å². The monoisotopic (exact) mass is 418 g/mol. The third-order valence-corrected chi connectivity index (χ3v) is 6.05. The van der Waals surface area contributed by atoms with E-state index in [9.17, 15) is 14.4 Å². The van der Waals surface area contributed by atoms with Crippen LogP contribution in [-0.4, -0.2) is 9.79 Å². The molecule has 2 aromatic heterocycles. The van der Waals surface area contributed by atoms with Crippen molar-refractivity contribution in [3.63, 3.8) is 0 Å². The van der Waals surface area contributed by atoms with Crippen molar-refractivity contribution in [1.29, 1.82) is 0 Å². The lowest BCUT2D eigenvalue weighted by Crippen LogP contribution is -2.35. The maximum atomic E-state index is 11.7. The zero-order valence-corrected chi connectivity index (χ0v) is 17.3. The summed E-state index contributed by atoms with van der Waals surface area (Å²) >= 11 is 0. The third kappa shape index (κ3) is 4.89. The van der Waals surface area contributed by atoms with Gasteiger partial charge in [0.2, 0.25) is 0 Å². The molecule has 0 aliphatic heterocycles. The lowest BCUT2D eigenvalue weighted by atomic mass is 10.1. The zero-order chi connectivity index (χ0) is 21.0. The first-order chi connectivity index (χ1) is 14.5. The standard InChI is InChI=1S/C24H21N2O3P/c27-30(28,29)24-9-5-4-8-23(24)19-26-16-12-22(13-17-26)21-10-14-25(15-11-21)18-20-6-2-1-3-7-20/h1-17H,18-19H2/p+2. The summed E-state index contributed by atoms with van der Waals surface area (Å²) in [5.41, 5.74) is 4.07. The normalized spacial score (nSPS) is 11.4. The number of benzene rings is 2. The Morgan fingerprint density at radius 3 is 1.70 bits per heavy atom. The van der Waals surface area contributed by atoms with Gasteiger partial charge >= 0.3 is 7.60 Å². The van der Waals surface area contributed by atoms with E-state index in [1.165, 1.54) is 11.6 Å². The second-order valence-electron chi connectivity index (χ2n) is 7.18. The Balaban J connectivity index is 1.48. The predicted molar refractivity (Wildman–Crippen MR) is 115 cm³/mol. The number of rotatable bonds is 6. The van der Waals surface area contributed by atoms with Gasteiger partial charge in [-0.1, -0.05) is 48.5 Å². The van der Waals surface area contributed by atoms with Gasteiger partial charge in [-0.05, 0) is 17.2 Å². The molecule has 0 atom stereocenters. The van der Waals surface area contributed by atoms with E-state index < -0.39 is 7.60 Å². The summed E-state index contributed by atoms with van der Waals surface area (Å²) in [4.78, 5) is 19.1. The Morgan fingerprint density at radius 1 is 0.633 bits per heavy atom. The van der Waals surface area contributed by atoms with E-state index in [0.717, 1.165) is 17.7 Å². The van der Waals surface area contributed by atoms with Gasteiger partial charge < -0.3 is 9.79 Å². The highest BCUT2D eigenvalue weighted by Gasteiger charge is 2.22. The minimum Gasteiger partial charge on any atom is -0.321 e. The molecule has 0 amide bonds. The van der Waals surface area contributed by atoms with Crippen LogP contribution < -0.4 is 14.4 Å². The Hall–Kier alpha value is -3.11. The second kappa shape index (κ2) is 8.72. The Kier molecular flexibility index (Phi) is 5.86. The van der Waals surface area contributed by atoms with Crippen LogP contribution in [0.15, 0.2) is 104 Å². The Labute approximate surface area is 175 Å². The first-order valence-electron chi connectivity index (χ1n) is 9.65. The van der Waals surface area contributed by atoms with E-state index in [4.69, 9.17) is 0 Å². The van der Waals surface area contributed by atoms with Crippen molar-refractivity contribution in [2.45, 2.75) is 13.1 Å². The van der Waals surface area contributed by atoms with Gasteiger partial charge in [-0.2, -0.15) is 0 Å².